The van der Waals surface area contributed by atoms with Gasteiger partial charge in [0.2, 0.25) is 0 Å². The van der Waals surface area contributed by atoms with Crippen LogP contribution in [-0.2, 0) is 14.6 Å². The molecule has 0 aromatic carbocycles. The maximum Gasteiger partial charge on any atom is 0.325 e. The van der Waals surface area contributed by atoms with E-state index in [0.29, 0.717) is 32.4 Å². The molecule has 2 unspecified atom stereocenters. The van der Waals surface area contributed by atoms with Crippen LogP contribution in [0.3, 0.4) is 0 Å². The highest BCUT2D eigenvalue weighted by Gasteiger charge is 2.57. The smallest absolute Gasteiger partial charge is 0.325 e. The number of hydrogen-bond donors (Lipinski definition) is 1. The van der Waals surface area contributed by atoms with Crippen LogP contribution in [0, 0.1) is 0 Å². The molecule has 7 heteroatoms. The Labute approximate surface area is 114 Å². The number of carboxylic acid groups (broad SMARTS) is 1. The van der Waals surface area contributed by atoms with Crippen LogP contribution in [-0.4, -0.2) is 79.6 Å². The van der Waals surface area contributed by atoms with Crippen molar-refractivity contribution < 1.29 is 18.3 Å². The van der Waals surface area contributed by atoms with Crippen LogP contribution in [0.4, 0.5) is 0 Å². The number of hydrogen-bond acceptors (Lipinski definition) is 5. The molecular formula is C12H22N2O4S. The average Bonchev–Trinajstić information content (AvgIpc) is 2.75. The lowest BCUT2D eigenvalue weighted by Gasteiger charge is -2.45. The van der Waals surface area contributed by atoms with E-state index < -0.39 is 26.6 Å². The fraction of sp³-hybridized carbons (Fsp3) is 0.917. The number of sulfone groups is 1. The number of carboxylic acids is 1. The Morgan fingerprint density at radius 3 is 2.32 bits per heavy atom. The van der Waals surface area contributed by atoms with Crippen molar-refractivity contribution in [2.75, 3.05) is 39.5 Å². The van der Waals surface area contributed by atoms with E-state index in [4.69, 9.17) is 0 Å². The molecule has 0 aromatic heterocycles. The van der Waals surface area contributed by atoms with Crippen LogP contribution in [0.1, 0.15) is 19.3 Å². The van der Waals surface area contributed by atoms with Gasteiger partial charge < -0.3 is 10.0 Å². The van der Waals surface area contributed by atoms with Gasteiger partial charge in [0.05, 0.1) is 5.25 Å². The molecule has 2 aliphatic rings. The lowest BCUT2D eigenvalue weighted by atomic mass is 9.93. The largest absolute Gasteiger partial charge is 0.480 e. The molecular weight excluding hydrogens is 268 g/mol. The van der Waals surface area contributed by atoms with Gasteiger partial charge in [-0.15, -0.1) is 0 Å². The Bertz CT molecular complexity index is 456. The molecule has 1 aliphatic heterocycles. The maximum absolute atomic E-state index is 12.0. The van der Waals surface area contributed by atoms with E-state index in [1.165, 1.54) is 0 Å². The van der Waals surface area contributed by atoms with E-state index in [0.717, 1.165) is 19.3 Å². The summed E-state index contributed by atoms with van der Waals surface area (Å²) in [6.45, 7) is 2.81. The van der Waals surface area contributed by atoms with Crippen molar-refractivity contribution in [1.29, 1.82) is 0 Å². The highest BCUT2D eigenvalue weighted by molar-refractivity contribution is 7.91. The quantitative estimate of drug-likeness (QED) is 0.766. The molecule has 19 heavy (non-hydrogen) atoms. The number of carbonyl (C=O) groups is 1. The highest BCUT2D eigenvalue weighted by atomic mass is 32.2. The Kier molecular flexibility index (Phi) is 3.90. The molecule has 2 atom stereocenters. The summed E-state index contributed by atoms with van der Waals surface area (Å²) in [4.78, 5) is 15.9. The van der Waals surface area contributed by atoms with Crippen molar-refractivity contribution in [3.8, 4) is 0 Å². The van der Waals surface area contributed by atoms with Crippen molar-refractivity contribution in [1.82, 2.24) is 9.80 Å². The van der Waals surface area contributed by atoms with E-state index in [2.05, 4.69) is 4.90 Å². The predicted molar refractivity (Wildman–Crippen MR) is 71.9 cm³/mol. The molecule has 0 amide bonds. The zero-order valence-corrected chi connectivity index (χ0v) is 12.3. The topological polar surface area (TPSA) is 77.9 Å². The van der Waals surface area contributed by atoms with Gasteiger partial charge in [0, 0.05) is 32.4 Å². The Hall–Kier alpha value is -0.660. The van der Waals surface area contributed by atoms with Gasteiger partial charge in [-0.05, 0) is 26.3 Å². The van der Waals surface area contributed by atoms with E-state index in [1.54, 1.807) is 0 Å². The minimum Gasteiger partial charge on any atom is -0.480 e. The second-order valence-corrected chi connectivity index (χ2v) is 7.96. The Balaban J connectivity index is 2.35. The van der Waals surface area contributed by atoms with Gasteiger partial charge in [0.25, 0.3) is 0 Å². The zero-order chi connectivity index (χ0) is 14.3. The molecule has 1 aliphatic carbocycles. The summed E-state index contributed by atoms with van der Waals surface area (Å²) in [7, 11) is -1.36. The second kappa shape index (κ2) is 5.03. The minimum absolute atomic E-state index is 0.434. The first-order valence-electron chi connectivity index (χ1n) is 6.64. The maximum atomic E-state index is 12.0. The van der Waals surface area contributed by atoms with Gasteiger partial charge in [-0.25, -0.2) is 8.42 Å². The number of piperazine rings is 1. The second-order valence-electron chi connectivity index (χ2n) is 5.73. The molecule has 2 fully saturated rings. The predicted octanol–water partition coefficient (Wildman–Crippen LogP) is -0.346. The van der Waals surface area contributed by atoms with Gasteiger partial charge in [0.1, 0.15) is 5.54 Å². The zero-order valence-electron chi connectivity index (χ0n) is 11.5. The molecule has 110 valence electrons. The van der Waals surface area contributed by atoms with Crippen LogP contribution < -0.4 is 0 Å². The SMILES string of the molecule is CN1CCN(C2(C(=O)O)CCCC2S(C)(=O)=O)CC1. The normalized spacial score (nSPS) is 34.5. The molecule has 1 N–H and O–H groups in total. The standard InChI is InChI=1S/C12H22N2O4S/c1-13-6-8-14(9-7-13)12(11(15)16)5-3-4-10(12)19(2,17)18/h10H,3-9H2,1-2H3,(H,15,16). The molecule has 0 radical (unpaired) electrons. The van der Waals surface area contributed by atoms with Crippen molar-refractivity contribution in [3.63, 3.8) is 0 Å². The number of nitrogens with zero attached hydrogens (tertiary/aromatic N) is 2. The third-order valence-electron chi connectivity index (χ3n) is 4.51. The van der Waals surface area contributed by atoms with Gasteiger partial charge in [-0.1, -0.05) is 0 Å². The molecule has 2 rings (SSSR count). The van der Waals surface area contributed by atoms with Gasteiger partial charge in [0.15, 0.2) is 9.84 Å². The summed E-state index contributed by atoms with van der Waals surface area (Å²) in [5.41, 5.74) is -1.21. The fourth-order valence-corrected chi connectivity index (χ4v) is 5.14. The summed E-state index contributed by atoms with van der Waals surface area (Å²) < 4.78 is 23.9. The van der Waals surface area contributed by atoms with Gasteiger partial charge in [-0.2, -0.15) is 0 Å². The lowest BCUT2D eigenvalue weighted by Crippen LogP contribution is -2.65. The number of aliphatic carboxylic acids is 1. The molecule has 0 aromatic rings. The summed E-state index contributed by atoms with van der Waals surface area (Å²) >= 11 is 0. The Morgan fingerprint density at radius 2 is 1.84 bits per heavy atom. The summed E-state index contributed by atoms with van der Waals surface area (Å²) in [6.07, 6.45) is 2.72. The molecule has 1 saturated heterocycles. The van der Waals surface area contributed by atoms with E-state index >= 15 is 0 Å². The van der Waals surface area contributed by atoms with Crippen molar-refractivity contribution in [2.24, 2.45) is 0 Å². The first kappa shape index (κ1) is 14.7. The first-order chi connectivity index (χ1) is 8.78. The number of rotatable bonds is 3. The van der Waals surface area contributed by atoms with Gasteiger partial charge >= 0.3 is 5.97 Å². The molecule has 1 saturated carbocycles. The molecule has 1 heterocycles. The summed E-state index contributed by atoms with van der Waals surface area (Å²) in [6, 6.07) is 0. The summed E-state index contributed by atoms with van der Waals surface area (Å²) in [5.74, 6) is -0.982. The van der Waals surface area contributed by atoms with Crippen LogP contribution in [0.15, 0.2) is 0 Å². The van der Waals surface area contributed by atoms with Crippen molar-refractivity contribution >= 4 is 15.8 Å². The van der Waals surface area contributed by atoms with E-state index in [1.807, 2.05) is 11.9 Å². The Morgan fingerprint density at radius 1 is 1.26 bits per heavy atom. The lowest BCUT2D eigenvalue weighted by molar-refractivity contribution is -0.152. The molecule has 0 spiro atoms. The molecule has 0 bridgehead atoms. The fourth-order valence-electron chi connectivity index (χ4n) is 3.47. The van der Waals surface area contributed by atoms with Crippen LogP contribution in [0.25, 0.3) is 0 Å². The minimum atomic E-state index is -3.35. The highest BCUT2D eigenvalue weighted by Crippen LogP contribution is 2.40. The van der Waals surface area contributed by atoms with E-state index in [-0.39, 0.29) is 0 Å². The van der Waals surface area contributed by atoms with Crippen molar-refractivity contribution in [3.05, 3.63) is 0 Å². The average molecular weight is 290 g/mol. The number of likely N-dealkylation sites (N-methyl/N-ethyl adjacent to an activating group) is 1. The van der Waals surface area contributed by atoms with Gasteiger partial charge in [-0.3, -0.25) is 9.69 Å². The van der Waals surface area contributed by atoms with E-state index in [9.17, 15) is 18.3 Å². The third-order valence-corrected chi connectivity index (χ3v) is 6.17. The van der Waals surface area contributed by atoms with Crippen LogP contribution >= 0.6 is 0 Å². The monoisotopic (exact) mass is 290 g/mol. The van der Waals surface area contributed by atoms with Crippen LogP contribution in [0.2, 0.25) is 0 Å². The summed E-state index contributed by atoms with van der Waals surface area (Å²) in [5, 5.41) is 8.92. The molecule has 6 nitrogen and oxygen atoms in total. The van der Waals surface area contributed by atoms with Crippen LogP contribution in [0.5, 0.6) is 0 Å². The first-order valence-corrected chi connectivity index (χ1v) is 8.60. The third kappa shape index (κ3) is 2.51. The van der Waals surface area contributed by atoms with Crippen molar-refractivity contribution in [2.45, 2.75) is 30.1 Å².